The van der Waals surface area contributed by atoms with Crippen LogP contribution in [0.25, 0.3) is 0 Å². The van der Waals surface area contributed by atoms with Gasteiger partial charge in [-0.1, -0.05) is 88.9 Å². The fourth-order valence-electron chi connectivity index (χ4n) is 5.43. The molecule has 1 saturated carbocycles. The quantitative estimate of drug-likeness (QED) is 0.0817. The van der Waals surface area contributed by atoms with Gasteiger partial charge in [-0.25, -0.2) is 14.4 Å². The van der Waals surface area contributed by atoms with Crippen LogP contribution >= 0.6 is 11.6 Å². The van der Waals surface area contributed by atoms with E-state index in [0.717, 1.165) is 43.2 Å². The normalized spacial score (nSPS) is 13.0. The first kappa shape index (κ1) is 50.1. The van der Waals surface area contributed by atoms with Crippen molar-refractivity contribution in [2.24, 2.45) is 0 Å². The van der Waals surface area contributed by atoms with Crippen LogP contribution in [0, 0.1) is 0 Å². The lowest BCUT2D eigenvalue weighted by Crippen LogP contribution is -2.48. The van der Waals surface area contributed by atoms with Crippen molar-refractivity contribution in [3.8, 4) is 0 Å². The molecule has 304 valence electrons. The molecular formula is C42H65ClN2O9. The number of nitrogens with one attached hydrogen (secondary N) is 1. The number of methoxy groups -OCH3 is 2. The first-order valence-corrected chi connectivity index (χ1v) is 19.3. The minimum Gasteiger partial charge on any atom is -0.466 e. The summed E-state index contributed by atoms with van der Waals surface area (Å²) in [5.74, 6) is -0.637. The van der Waals surface area contributed by atoms with Crippen molar-refractivity contribution >= 4 is 35.5 Å². The number of alkyl carbamates (subject to hydrolysis) is 1. The lowest BCUT2D eigenvalue weighted by molar-refractivity contribution is -0.140. The predicted octanol–water partition coefficient (Wildman–Crippen LogP) is 8.70. The largest absolute Gasteiger partial charge is 0.466 e. The smallest absolute Gasteiger partial charge is 0.407 e. The molecule has 1 N–H and O–H groups in total. The van der Waals surface area contributed by atoms with Crippen molar-refractivity contribution in [3.63, 3.8) is 0 Å². The first-order chi connectivity index (χ1) is 25.8. The standard InChI is InChI=1S/C33H45ClN2O7.C5H8O2.2C2H6/c1-32(2,3)43-31(39)35-18-20-41-22-23-42-21-19-36(24-25-8-10-26(11-9-25)29(37)40-4)30(38)33(16-6-5-7-17-33)27-12-14-28(34)15-13-27;1-3-4-5(6)7-2;2*1-2/h8-15H,5-7,16-24H2,1-4H3,(H,35,39);3-4H,1-2H3;2*1-2H3/b;4-3+;;. The molecule has 0 atom stereocenters. The number of hydrogen-bond donors (Lipinski definition) is 1. The number of amides is 2. The second-order valence-corrected chi connectivity index (χ2v) is 13.2. The van der Waals surface area contributed by atoms with Crippen LogP contribution in [0.3, 0.4) is 0 Å². The fraction of sp³-hybridized carbons (Fsp3) is 0.571. The van der Waals surface area contributed by atoms with Crippen LogP contribution < -0.4 is 5.32 Å². The van der Waals surface area contributed by atoms with Gasteiger partial charge in [0.2, 0.25) is 5.91 Å². The van der Waals surface area contributed by atoms with E-state index >= 15 is 0 Å². The summed E-state index contributed by atoms with van der Waals surface area (Å²) in [6.07, 6.45) is 7.12. The SMILES string of the molecule is C/C=C/C(=O)OC.CC.CC.COC(=O)c1ccc(CN(CCOCCOCCNC(=O)OC(C)(C)C)C(=O)C2(c3ccc(Cl)cc3)CCCCC2)cc1. The Bertz CT molecular complexity index is 1370. The maximum absolute atomic E-state index is 14.4. The van der Waals surface area contributed by atoms with Gasteiger partial charge < -0.3 is 33.9 Å². The lowest BCUT2D eigenvalue weighted by Gasteiger charge is -2.40. The number of halogens is 1. The molecule has 0 aromatic heterocycles. The molecule has 0 saturated heterocycles. The number of hydrogen-bond acceptors (Lipinski definition) is 9. The molecule has 3 rings (SSSR count). The van der Waals surface area contributed by atoms with Gasteiger partial charge in [-0.3, -0.25) is 4.79 Å². The molecule has 1 aliphatic rings. The van der Waals surface area contributed by atoms with Gasteiger partial charge in [-0.05, 0) is 75.9 Å². The Morgan fingerprint density at radius 2 is 1.39 bits per heavy atom. The van der Waals surface area contributed by atoms with E-state index in [0.29, 0.717) is 56.6 Å². The fourth-order valence-corrected chi connectivity index (χ4v) is 5.56. The summed E-state index contributed by atoms with van der Waals surface area (Å²) < 4.78 is 25.7. The monoisotopic (exact) mass is 776 g/mol. The number of nitrogens with zero attached hydrogens (tertiary/aromatic N) is 1. The van der Waals surface area contributed by atoms with Crippen molar-refractivity contribution in [2.75, 3.05) is 53.7 Å². The Morgan fingerprint density at radius 3 is 1.89 bits per heavy atom. The molecule has 0 bridgehead atoms. The van der Waals surface area contributed by atoms with E-state index in [2.05, 4.69) is 10.1 Å². The molecule has 0 aliphatic heterocycles. The molecule has 0 heterocycles. The van der Waals surface area contributed by atoms with Gasteiger partial charge in [0, 0.05) is 30.7 Å². The number of rotatable bonds is 15. The molecule has 11 nitrogen and oxygen atoms in total. The molecule has 2 aromatic rings. The van der Waals surface area contributed by atoms with Gasteiger partial charge in [0.25, 0.3) is 0 Å². The maximum atomic E-state index is 14.4. The van der Waals surface area contributed by atoms with Crippen molar-refractivity contribution in [1.82, 2.24) is 10.2 Å². The number of carbonyl (C=O) groups is 4. The van der Waals surface area contributed by atoms with Crippen molar-refractivity contribution < 1.29 is 42.9 Å². The Kier molecular flexibility index (Phi) is 26.4. The van der Waals surface area contributed by atoms with Crippen LogP contribution in [-0.4, -0.2) is 88.2 Å². The molecule has 2 amide bonds. The van der Waals surface area contributed by atoms with E-state index in [1.165, 1.54) is 20.3 Å². The Labute approximate surface area is 329 Å². The first-order valence-electron chi connectivity index (χ1n) is 18.9. The number of benzene rings is 2. The van der Waals surface area contributed by atoms with Gasteiger partial charge >= 0.3 is 18.0 Å². The molecule has 54 heavy (non-hydrogen) atoms. The summed E-state index contributed by atoms with van der Waals surface area (Å²) in [5.41, 5.74) is 1.18. The summed E-state index contributed by atoms with van der Waals surface area (Å²) >= 11 is 6.19. The second kappa shape index (κ2) is 28.5. The summed E-state index contributed by atoms with van der Waals surface area (Å²) in [6, 6.07) is 14.8. The number of allylic oxidation sites excluding steroid dienone is 1. The highest BCUT2D eigenvalue weighted by atomic mass is 35.5. The van der Waals surface area contributed by atoms with Gasteiger partial charge in [0.15, 0.2) is 0 Å². The molecule has 0 spiro atoms. The van der Waals surface area contributed by atoms with Gasteiger partial charge in [-0.15, -0.1) is 0 Å². The van der Waals surface area contributed by atoms with Crippen LogP contribution in [0.15, 0.2) is 60.7 Å². The predicted molar refractivity (Wildman–Crippen MR) is 215 cm³/mol. The second-order valence-electron chi connectivity index (χ2n) is 12.7. The maximum Gasteiger partial charge on any atom is 0.407 e. The Hall–Kier alpha value is -3.93. The average molecular weight is 777 g/mol. The minimum absolute atomic E-state index is 0.0691. The van der Waals surface area contributed by atoms with E-state index in [1.54, 1.807) is 25.1 Å². The summed E-state index contributed by atoms with van der Waals surface area (Å²) in [7, 11) is 2.70. The van der Waals surface area contributed by atoms with E-state index in [1.807, 2.05) is 89.8 Å². The third-order valence-corrected chi connectivity index (χ3v) is 8.10. The van der Waals surface area contributed by atoms with Crippen molar-refractivity contribution in [3.05, 3.63) is 82.4 Å². The average Bonchev–Trinajstić information content (AvgIpc) is 3.18. The van der Waals surface area contributed by atoms with E-state index < -0.39 is 23.1 Å². The van der Waals surface area contributed by atoms with E-state index in [9.17, 15) is 19.2 Å². The zero-order chi connectivity index (χ0) is 41.0. The molecule has 12 heteroatoms. The van der Waals surface area contributed by atoms with Crippen LogP contribution in [-0.2, 0) is 45.2 Å². The van der Waals surface area contributed by atoms with Gasteiger partial charge in [0.1, 0.15) is 5.60 Å². The molecule has 1 aliphatic carbocycles. The molecular weight excluding hydrogens is 712 g/mol. The molecule has 1 fully saturated rings. The topological polar surface area (TPSA) is 130 Å². The van der Waals surface area contributed by atoms with Gasteiger partial charge in [0.05, 0.1) is 51.6 Å². The zero-order valence-electron chi connectivity index (χ0n) is 34.3. The Balaban J connectivity index is 0.00000226. The number of esters is 2. The van der Waals surface area contributed by atoms with Crippen LogP contribution in [0.2, 0.25) is 5.02 Å². The summed E-state index contributed by atoms with van der Waals surface area (Å²) in [5, 5.41) is 3.29. The minimum atomic E-state index is -0.626. The third-order valence-electron chi connectivity index (χ3n) is 7.85. The van der Waals surface area contributed by atoms with E-state index in [-0.39, 0.29) is 11.9 Å². The summed E-state index contributed by atoms with van der Waals surface area (Å²) in [4.78, 5) is 50.0. The zero-order valence-corrected chi connectivity index (χ0v) is 35.0. The van der Waals surface area contributed by atoms with Gasteiger partial charge in [-0.2, -0.15) is 0 Å². The van der Waals surface area contributed by atoms with Crippen LogP contribution in [0.1, 0.15) is 109 Å². The highest BCUT2D eigenvalue weighted by Crippen LogP contribution is 2.41. The summed E-state index contributed by atoms with van der Waals surface area (Å²) in [6.45, 7) is 17.7. The highest BCUT2D eigenvalue weighted by Gasteiger charge is 2.43. The Morgan fingerprint density at radius 1 is 0.815 bits per heavy atom. The van der Waals surface area contributed by atoms with E-state index in [4.69, 9.17) is 30.5 Å². The van der Waals surface area contributed by atoms with Crippen molar-refractivity contribution in [1.29, 1.82) is 0 Å². The lowest BCUT2D eigenvalue weighted by atomic mass is 9.68. The van der Waals surface area contributed by atoms with Crippen molar-refractivity contribution in [2.45, 2.75) is 105 Å². The van der Waals surface area contributed by atoms with Crippen LogP contribution in [0.5, 0.6) is 0 Å². The third kappa shape index (κ3) is 19.4. The molecule has 0 unspecified atom stereocenters. The number of carbonyl (C=O) groups excluding carboxylic acids is 4. The highest BCUT2D eigenvalue weighted by molar-refractivity contribution is 6.30. The molecule has 0 radical (unpaired) electrons. The molecule has 2 aromatic carbocycles. The van der Waals surface area contributed by atoms with Crippen LogP contribution in [0.4, 0.5) is 4.79 Å². The number of ether oxygens (including phenoxy) is 5.